The van der Waals surface area contributed by atoms with Crippen molar-refractivity contribution in [3.8, 4) is 0 Å². The first kappa shape index (κ1) is 23.9. The first-order valence-corrected chi connectivity index (χ1v) is 11.1. The lowest BCUT2D eigenvalue weighted by Crippen LogP contribution is -2.41. The molecule has 0 aliphatic carbocycles. The van der Waals surface area contributed by atoms with Crippen LogP contribution in [-0.4, -0.2) is 19.1 Å². The Morgan fingerprint density at radius 1 is 0.625 bits per heavy atom. The first-order valence-electron chi connectivity index (χ1n) is 11.1. The highest BCUT2D eigenvalue weighted by Gasteiger charge is 2.09. The number of nitrogens with one attached hydrogen (secondary N) is 1. The molecule has 0 amide bonds. The molecule has 0 bridgehead atoms. The zero-order valence-corrected chi connectivity index (χ0v) is 17.3. The zero-order chi connectivity index (χ0) is 17.9. The molecule has 0 heterocycles. The summed E-state index contributed by atoms with van der Waals surface area (Å²) in [6.07, 6.45) is 24.2. The van der Waals surface area contributed by atoms with Gasteiger partial charge in [0.2, 0.25) is 0 Å². The van der Waals surface area contributed by atoms with Crippen LogP contribution in [0.15, 0.2) is 0 Å². The summed E-state index contributed by atoms with van der Waals surface area (Å²) < 4.78 is 0. The van der Waals surface area contributed by atoms with Gasteiger partial charge in [-0.05, 0) is 20.4 Å². The van der Waals surface area contributed by atoms with E-state index in [-0.39, 0.29) is 6.04 Å². The second kappa shape index (κ2) is 19.2. The molecule has 0 saturated heterocycles. The summed E-state index contributed by atoms with van der Waals surface area (Å²) in [5, 5.41) is 3.33. The number of rotatable bonds is 19. The Kier molecular flexibility index (Phi) is 19.2. The smallest absolute Gasteiger partial charge is 0.0213 e. The summed E-state index contributed by atoms with van der Waals surface area (Å²) >= 11 is 0. The summed E-state index contributed by atoms with van der Waals surface area (Å²) in [6, 6.07) is 0.767. The number of hydrogen-bond donors (Lipinski definition) is 2. The molecule has 0 aromatic rings. The minimum absolute atomic E-state index is 0.270. The SMILES string of the molecule is CCCCCCCCCCCCCCCCCCC(NC)C(C)N. The van der Waals surface area contributed by atoms with Crippen LogP contribution in [0.1, 0.15) is 123 Å². The second-order valence-corrected chi connectivity index (χ2v) is 7.85. The highest BCUT2D eigenvalue weighted by Crippen LogP contribution is 2.14. The molecule has 3 N–H and O–H groups in total. The van der Waals surface area contributed by atoms with E-state index in [4.69, 9.17) is 5.73 Å². The van der Waals surface area contributed by atoms with Crippen LogP contribution >= 0.6 is 0 Å². The number of nitrogens with two attached hydrogens (primary N) is 1. The lowest BCUT2D eigenvalue weighted by Gasteiger charge is -2.19. The quantitative estimate of drug-likeness (QED) is 0.261. The van der Waals surface area contributed by atoms with Crippen molar-refractivity contribution in [1.29, 1.82) is 0 Å². The van der Waals surface area contributed by atoms with Crippen LogP contribution in [0.25, 0.3) is 0 Å². The molecule has 146 valence electrons. The van der Waals surface area contributed by atoms with E-state index in [1.54, 1.807) is 0 Å². The Balaban J connectivity index is 3.10. The van der Waals surface area contributed by atoms with Gasteiger partial charge in [-0.1, -0.05) is 110 Å². The standard InChI is InChI=1S/C22H48N2/c1-4-5-6-7-8-9-10-11-12-13-14-15-16-17-18-19-20-22(24-3)21(2)23/h21-22,24H,4-20,23H2,1-3H3. The normalized spacial score (nSPS) is 14.0. The maximum Gasteiger partial charge on any atom is 0.0213 e. The molecule has 0 aliphatic heterocycles. The molecule has 2 heteroatoms. The Bertz CT molecular complexity index is 228. The number of unbranched alkanes of at least 4 members (excludes halogenated alkanes) is 15. The highest BCUT2D eigenvalue weighted by molar-refractivity contribution is 4.73. The predicted molar refractivity (Wildman–Crippen MR) is 111 cm³/mol. The molecule has 0 fully saturated rings. The van der Waals surface area contributed by atoms with Gasteiger partial charge >= 0.3 is 0 Å². The van der Waals surface area contributed by atoms with Gasteiger partial charge in [0, 0.05) is 12.1 Å². The van der Waals surface area contributed by atoms with E-state index in [0.29, 0.717) is 6.04 Å². The van der Waals surface area contributed by atoms with Gasteiger partial charge in [-0.15, -0.1) is 0 Å². The van der Waals surface area contributed by atoms with E-state index in [1.165, 1.54) is 109 Å². The molecule has 0 spiro atoms. The minimum atomic E-state index is 0.270. The van der Waals surface area contributed by atoms with Gasteiger partial charge in [0.05, 0.1) is 0 Å². The Hall–Kier alpha value is -0.0800. The molecule has 0 aliphatic rings. The predicted octanol–water partition coefficient (Wildman–Crippen LogP) is 6.57. The summed E-state index contributed by atoms with van der Waals surface area (Å²) in [7, 11) is 2.03. The van der Waals surface area contributed by atoms with Crippen LogP contribution in [0.4, 0.5) is 0 Å². The largest absolute Gasteiger partial charge is 0.327 e. The summed E-state index contributed by atoms with van der Waals surface area (Å²) in [5.74, 6) is 0. The second-order valence-electron chi connectivity index (χ2n) is 7.85. The minimum Gasteiger partial charge on any atom is -0.327 e. The van der Waals surface area contributed by atoms with Gasteiger partial charge in [0.25, 0.3) is 0 Å². The monoisotopic (exact) mass is 340 g/mol. The van der Waals surface area contributed by atoms with Crippen molar-refractivity contribution < 1.29 is 0 Å². The van der Waals surface area contributed by atoms with Crippen LogP contribution in [0.5, 0.6) is 0 Å². The molecule has 2 unspecified atom stereocenters. The van der Waals surface area contributed by atoms with Gasteiger partial charge < -0.3 is 11.1 Å². The third-order valence-corrected chi connectivity index (χ3v) is 5.37. The average molecular weight is 341 g/mol. The van der Waals surface area contributed by atoms with Gasteiger partial charge in [-0.2, -0.15) is 0 Å². The molecule has 0 aromatic heterocycles. The van der Waals surface area contributed by atoms with Crippen molar-refractivity contribution in [1.82, 2.24) is 5.32 Å². The van der Waals surface area contributed by atoms with E-state index in [2.05, 4.69) is 19.2 Å². The van der Waals surface area contributed by atoms with Gasteiger partial charge in [-0.25, -0.2) is 0 Å². The fourth-order valence-electron chi connectivity index (χ4n) is 3.58. The topological polar surface area (TPSA) is 38.0 Å². The Labute approximate surface area is 153 Å². The zero-order valence-electron chi connectivity index (χ0n) is 17.3. The molecule has 2 nitrogen and oxygen atoms in total. The third-order valence-electron chi connectivity index (χ3n) is 5.37. The number of hydrogen-bond acceptors (Lipinski definition) is 2. The van der Waals surface area contributed by atoms with Crippen LogP contribution in [0.3, 0.4) is 0 Å². The van der Waals surface area contributed by atoms with Crippen molar-refractivity contribution in [2.24, 2.45) is 5.73 Å². The summed E-state index contributed by atoms with van der Waals surface area (Å²) in [5.41, 5.74) is 5.95. The van der Waals surface area contributed by atoms with Crippen molar-refractivity contribution >= 4 is 0 Å². The molecule has 24 heavy (non-hydrogen) atoms. The van der Waals surface area contributed by atoms with E-state index in [0.717, 1.165) is 0 Å². The van der Waals surface area contributed by atoms with E-state index in [1.807, 2.05) is 7.05 Å². The lowest BCUT2D eigenvalue weighted by molar-refractivity contribution is 0.429. The number of likely N-dealkylation sites (N-methyl/N-ethyl adjacent to an activating group) is 1. The van der Waals surface area contributed by atoms with Crippen molar-refractivity contribution in [3.63, 3.8) is 0 Å². The first-order chi connectivity index (χ1) is 11.7. The Morgan fingerprint density at radius 3 is 1.25 bits per heavy atom. The third kappa shape index (κ3) is 16.8. The van der Waals surface area contributed by atoms with Gasteiger partial charge in [-0.3, -0.25) is 0 Å². The molecular formula is C22H48N2. The van der Waals surface area contributed by atoms with E-state index in [9.17, 15) is 0 Å². The molecule has 0 rings (SSSR count). The molecule has 0 saturated carbocycles. The van der Waals surface area contributed by atoms with Crippen LogP contribution in [-0.2, 0) is 0 Å². The van der Waals surface area contributed by atoms with E-state index < -0.39 is 0 Å². The fraction of sp³-hybridized carbons (Fsp3) is 1.00. The van der Waals surface area contributed by atoms with E-state index >= 15 is 0 Å². The molecule has 0 radical (unpaired) electrons. The van der Waals surface area contributed by atoms with Crippen LogP contribution in [0, 0.1) is 0 Å². The summed E-state index contributed by atoms with van der Waals surface area (Å²) in [4.78, 5) is 0. The maximum atomic E-state index is 5.95. The van der Waals surface area contributed by atoms with Crippen molar-refractivity contribution in [3.05, 3.63) is 0 Å². The fourth-order valence-corrected chi connectivity index (χ4v) is 3.58. The lowest BCUT2D eigenvalue weighted by atomic mass is 10.0. The van der Waals surface area contributed by atoms with Crippen molar-refractivity contribution in [2.75, 3.05) is 7.05 Å². The molecule has 2 atom stereocenters. The molecule has 0 aromatic carbocycles. The Morgan fingerprint density at radius 2 is 0.958 bits per heavy atom. The maximum absolute atomic E-state index is 5.95. The van der Waals surface area contributed by atoms with Crippen molar-refractivity contribution in [2.45, 2.75) is 135 Å². The van der Waals surface area contributed by atoms with Crippen LogP contribution in [0.2, 0.25) is 0 Å². The average Bonchev–Trinajstić information content (AvgIpc) is 2.57. The van der Waals surface area contributed by atoms with Gasteiger partial charge in [0.15, 0.2) is 0 Å². The highest BCUT2D eigenvalue weighted by atomic mass is 14.9. The van der Waals surface area contributed by atoms with Crippen LogP contribution < -0.4 is 11.1 Å². The molecular weight excluding hydrogens is 292 g/mol. The summed E-state index contributed by atoms with van der Waals surface area (Å²) in [6.45, 7) is 4.40. The van der Waals surface area contributed by atoms with Gasteiger partial charge in [0.1, 0.15) is 0 Å².